The van der Waals surface area contributed by atoms with Crippen molar-refractivity contribution in [2.75, 3.05) is 13.2 Å². The largest absolute Gasteiger partial charge is 0.469 e. The SMILES string of the molecule is CC=CC(=O)OCCC[Si](O[Si](C)(C)C)(O[Si](C)(C)C)O[Si](C)(C)CCCOC(C)=O. The standard InChI is InChI=1S/C20H44O7Si4/c1-11-14-20(22)24-16-13-18-31(25-28(3,4)5,26-29(6,7)8)27-30(9,10)17-12-15-23-19(2)21/h11,14H,12-13,15-18H2,1-10H3. The summed E-state index contributed by atoms with van der Waals surface area (Å²) >= 11 is 0. The molecule has 7 nitrogen and oxygen atoms in total. The van der Waals surface area contributed by atoms with Crippen molar-refractivity contribution in [3.63, 3.8) is 0 Å². The average Bonchev–Trinajstić information content (AvgIpc) is 2.52. The van der Waals surface area contributed by atoms with Crippen molar-refractivity contribution in [3.8, 4) is 0 Å². The highest BCUT2D eigenvalue weighted by Crippen LogP contribution is 2.31. The predicted octanol–water partition coefficient (Wildman–Crippen LogP) is 5.31. The Morgan fingerprint density at radius 3 is 1.68 bits per heavy atom. The number of allylic oxidation sites excluding steroid dienone is 1. The number of carbonyl (C=O) groups is 2. The van der Waals surface area contributed by atoms with Gasteiger partial charge in [-0.25, -0.2) is 4.79 Å². The Bertz CT molecular complexity index is 579. The number of esters is 2. The Labute approximate surface area is 193 Å². The molecule has 0 aliphatic rings. The Balaban J connectivity index is 5.47. The van der Waals surface area contributed by atoms with Crippen LogP contribution in [0, 0.1) is 0 Å². The topological polar surface area (TPSA) is 80.3 Å². The monoisotopic (exact) mass is 508 g/mol. The first-order chi connectivity index (χ1) is 14.0. The second-order valence-electron chi connectivity index (χ2n) is 10.2. The fourth-order valence-electron chi connectivity index (χ4n) is 2.98. The lowest BCUT2D eigenvalue weighted by atomic mass is 10.5. The van der Waals surface area contributed by atoms with Gasteiger partial charge in [0, 0.05) is 19.0 Å². The van der Waals surface area contributed by atoms with Crippen molar-refractivity contribution in [1.29, 1.82) is 0 Å². The van der Waals surface area contributed by atoms with Crippen LogP contribution < -0.4 is 0 Å². The van der Waals surface area contributed by atoms with Crippen LogP contribution in [0.1, 0.15) is 26.7 Å². The third-order valence-electron chi connectivity index (χ3n) is 3.76. The zero-order valence-corrected chi connectivity index (χ0v) is 25.3. The molecule has 0 saturated carbocycles. The quantitative estimate of drug-likeness (QED) is 0.128. The second kappa shape index (κ2) is 13.2. The first-order valence-corrected chi connectivity index (χ1v) is 22.9. The number of rotatable bonds is 15. The maximum absolute atomic E-state index is 11.6. The van der Waals surface area contributed by atoms with Gasteiger partial charge in [-0.1, -0.05) is 6.08 Å². The summed E-state index contributed by atoms with van der Waals surface area (Å²) in [5.74, 6) is -0.603. The Morgan fingerprint density at radius 2 is 1.23 bits per heavy atom. The van der Waals surface area contributed by atoms with Gasteiger partial charge in [-0.05, 0) is 78.2 Å². The van der Waals surface area contributed by atoms with Gasteiger partial charge < -0.3 is 21.8 Å². The second-order valence-corrected chi connectivity index (χ2v) is 27.0. The molecule has 0 amide bonds. The molecular formula is C20H44O7Si4. The summed E-state index contributed by atoms with van der Waals surface area (Å²) in [5.41, 5.74) is 0. The predicted molar refractivity (Wildman–Crippen MR) is 134 cm³/mol. The highest BCUT2D eigenvalue weighted by molar-refractivity contribution is 6.90. The van der Waals surface area contributed by atoms with Crippen molar-refractivity contribution in [1.82, 2.24) is 0 Å². The van der Waals surface area contributed by atoms with E-state index >= 15 is 0 Å². The molecule has 0 aliphatic carbocycles. The molecule has 0 N–H and O–H groups in total. The molecule has 0 aromatic carbocycles. The van der Waals surface area contributed by atoms with E-state index in [0.717, 1.165) is 12.5 Å². The Kier molecular flexibility index (Phi) is 13.0. The fraction of sp³-hybridized carbons (Fsp3) is 0.800. The molecule has 31 heavy (non-hydrogen) atoms. The van der Waals surface area contributed by atoms with Crippen LogP contribution in [0.5, 0.6) is 0 Å². The molecule has 0 radical (unpaired) electrons. The van der Waals surface area contributed by atoms with E-state index in [1.807, 2.05) is 0 Å². The molecule has 0 spiro atoms. The lowest BCUT2D eigenvalue weighted by Crippen LogP contribution is -2.61. The molecule has 182 valence electrons. The molecule has 0 fully saturated rings. The van der Waals surface area contributed by atoms with Crippen LogP contribution in [0.15, 0.2) is 12.2 Å². The van der Waals surface area contributed by atoms with Crippen LogP contribution in [-0.4, -0.2) is 58.9 Å². The molecule has 0 heterocycles. The zero-order chi connectivity index (χ0) is 24.3. The normalized spacial score (nSPS) is 13.5. The van der Waals surface area contributed by atoms with Crippen molar-refractivity contribution >= 4 is 45.7 Å². The van der Waals surface area contributed by atoms with Crippen LogP contribution in [0.3, 0.4) is 0 Å². The minimum Gasteiger partial charge on any atom is -0.466 e. The number of ether oxygens (including phenoxy) is 2. The minimum absolute atomic E-state index is 0.263. The van der Waals surface area contributed by atoms with Gasteiger partial charge in [0.05, 0.1) is 13.2 Å². The van der Waals surface area contributed by atoms with Gasteiger partial charge in [-0.2, -0.15) is 0 Å². The van der Waals surface area contributed by atoms with E-state index in [0.29, 0.717) is 25.7 Å². The summed E-state index contributed by atoms with van der Waals surface area (Å²) in [4.78, 5) is 22.7. The Morgan fingerprint density at radius 1 is 0.742 bits per heavy atom. The third-order valence-corrected chi connectivity index (χ3v) is 17.1. The van der Waals surface area contributed by atoms with E-state index in [1.165, 1.54) is 13.0 Å². The van der Waals surface area contributed by atoms with Gasteiger partial charge >= 0.3 is 20.7 Å². The minimum atomic E-state index is -3.01. The fourth-order valence-corrected chi connectivity index (χ4v) is 18.6. The zero-order valence-electron chi connectivity index (χ0n) is 21.3. The van der Waals surface area contributed by atoms with E-state index in [-0.39, 0.29) is 11.9 Å². The van der Waals surface area contributed by atoms with Crippen molar-refractivity contribution in [2.24, 2.45) is 0 Å². The summed E-state index contributed by atoms with van der Waals surface area (Å²) in [7, 11) is -9.11. The third kappa shape index (κ3) is 16.7. The molecule has 0 atom stereocenters. The van der Waals surface area contributed by atoms with E-state index in [4.69, 9.17) is 21.8 Å². The van der Waals surface area contributed by atoms with Crippen LogP contribution in [-0.2, 0) is 31.4 Å². The average molecular weight is 509 g/mol. The molecule has 0 bridgehead atoms. The smallest absolute Gasteiger partial charge is 0.466 e. The molecule has 0 aromatic heterocycles. The highest BCUT2D eigenvalue weighted by atomic mass is 28.5. The lowest BCUT2D eigenvalue weighted by Gasteiger charge is -2.43. The van der Waals surface area contributed by atoms with Gasteiger partial charge in [-0.15, -0.1) is 0 Å². The highest BCUT2D eigenvalue weighted by Gasteiger charge is 2.50. The van der Waals surface area contributed by atoms with Gasteiger partial charge in [0.2, 0.25) is 0 Å². The van der Waals surface area contributed by atoms with Crippen molar-refractivity contribution in [2.45, 2.75) is 91.2 Å². The van der Waals surface area contributed by atoms with E-state index in [1.54, 1.807) is 13.0 Å². The first kappa shape index (κ1) is 30.4. The van der Waals surface area contributed by atoms with E-state index in [2.05, 4.69) is 52.4 Å². The van der Waals surface area contributed by atoms with Crippen molar-refractivity contribution in [3.05, 3.63) is 12.2 Å². The molecule has 0 aromatic rings. The summed E-state index contributed by atoms with van der Waals surface area (Å²) in [5, 5.41) is 0. The van der Waals surface area contributed by atoms with Crippen molar-refractivity contribution < 1.29 is 31.4 Å². The summed E-state index contributed by atoms with van der Waals surface area (Å²) in [6, 6.07) is 1.46. The molecule has 0 unspecified atom stereocenters. The summed E-state index contributed by atoms with van der Waals surface area (Å²) < 4.78 is 30.6. The van der Waals surface area contributed by atoms with Crippen LogP contribution >= 0.6 is 0 Å². The summed E-state index contributed by atoms with van der Waals surface area (Å²) in [6.45, 7) is 21.1. The van der Waals surface area contributed by atoms with E-state index < -0.39 is 33.8 Å². The first-order valence-electron chi connectivity index (χ1n) is 11.0. The molecular weight excluding hydrogens is 465 g/mol. The van der Waals surface area contributed by atoms with Crippen LogP contribution in [0.4, 0.5) is 0 Å². The molecule has 11 heteroatoms. The van der Waals surface area contributed by atoms with Crippen LogP contribution in [0.2, 0.25) is 64.5 Å². The van der Waals surface area contributed by atoms with Crippen LogP contribution in [0.25, 0.3) is 0 Å². The maximum Gasteiger partial charge on any atom is 0.469 e. The Hall–Kier alpha value is -0.572. The molecule has 0 rings (SSSR count). The van der Waals surface area contributed by atoms with Gasteiger partial charge in [0.1, 0.15) is 0 Å². The number of carbonyl (C=O) groups excluding carboxylic acids is 2. The maximum atomic E-state index is 11.6. The molecule has 0 aliphatic heterocycles. The van der Waals surface area contributed by atoms with Gasteiger partial charge in [-0.3, -0.25) is 4.79 Å². The number of hydrogen-bond donors (Lipinski definition) is 0. The lowest BCUT2D eigenvalue weighted by molar-refractivity contribution is -0.141. The molecule has 0 saturated heterocycles. The van der Waals surface area contributed by atoms with Gasteiger partial charge in [0.25, 0.3) is 0 Å². The summed E-state index contributed by atoms with van der Waals surface area (Å²) in [6.07, 6.45) is 4.46. The number of hydrogen-bond acceptors (Lipinski definition) is 7. The van der Waals surface area contributed by atoms with Gasteiger partial charge in [0.15, 0.2) is 25.0 Å². The van der Waals surface area contributed by atoms with E-state index in [9.17, 15) is 9.59 Å².